The molecular weight excluding hydrogens is 308 g/mol. The highest BCUT2D eigenvalue weighted by molar-refractivity contribution is 5.75. The van der Waals surface area contributed by atoms with Gasteiger partial charge < -0.3 is 15.7 Å². The van der Waals surface area contributed by atoms with Crippen LogP contribution < -0.4 is 10.6 Å². The maximum Gasteiger partial charge on any atom is 0.315 e. The monoisotopic (exact) mass is 330 g/mol. The first-order chi connectivity index (χ1) is 11.5. The number of aromatic nitrogens is 2. The highest BCUT2D eigenvalue weighted by Crippen LogP contribution is 2.14. The van der Waals surface area contributed by atoms with Gasteiger partial charge in [-0.3, -0.25) is 9.48 Å². The van der Waals surface area contributed by atoms with Gasteiger partial charge in [0.2, 0.25) is 0 Å². The van der Waals surface area contributed by atoms with Crippen molar-refractivity contribution in [3.8, 4) is 0 Å². The average Bonchev–Trinajstić information content (AvgIpc) is 2.80. The van der Waals surface area contributed by atoms with E-state index in [2.05, 4.69) is 15.7 Å². The number of aliphatic carboxylic acids is 1. The number of carboxylic acids is 1. The molecule has 0 bridgehead atoms. The summed E-state index contributed by atoms with van der Waals surface area (Å²) in [5, 5.41) is 18.3. The summed E-state index contributed by atoms with van der Waals surface area (Å²) in [6.45, 7) is 5.02. The number of hydrogen-bond acceptors (Lipinski definition) is 3. The zero-order chi connectivity index (χ0) is 17.5. The molecule has 7 heteroatoms. The summed E-state index contributed by atoms with van der Waals surface area (Å²) in [6.07, 6.45) is -0.0967. The Morgan fingerprint density at radius 1 is 1.17 bits per heavy atom. The number of amides is 2. The summed E-state index contributed by atoms with van der Waals surface area (Å²) in [5.41, 5.74) is 4.00. The lowest BCUT2D eigenvalue weighted by atomic mass is 10.2. The molecule has 3 N–H and O–H groups in total. The second kappa shape index (κ2) is 8.14. The van der Waals surface area contributed by atoms with Crippen LogP contribution in [0.25, 0.3) is 0 Å². The molecule has 128 valence electrons. The molecule has 2 amide bonds. The maximum absolute atomic E-state index is 11.7. The number of carboxylic acid groups (broad SMARTS) is 1. The third-order valence-electron chi connectivity index (χ3n) is 3.76. The lowest BCUT2D eigenvalue weighted by Gasteiger charge is -2.08. The Labute approximate surface area is 140 Å². The van der Waals surface area contributed by atoms with Gasteiger partial charge in [-0.25, -0.2) is 4.79 Å². The number of carbonyl (C=O) groups is 2. The van der Waals surface area contributed by atoms with Gasteiger partial charge in [0.25, 0.3) is 0 Å². The van der Waals surface area contributed by atoms with Gasteiger partial charge in [-0.15, -0.1) is 0 Å². The van der Waals surface area contributed by atoms with E-state index in [0.717, 1.165) is 22.5 Å². The average molecular weight is 330 g/mol. The number of nitrogens with one attached hydrogen (secondary N) is 2. The first-order valence-corrected chi connectivity index (χ1v) is 7.77. The predicted octanol–water partition coefficient (Wildman–Crippen LogP) is 1.82. The molecule has 0 saturated heterocycles. The Bertz CT molecular complexity index is 710. The highest BCUT2D eigenvalue weighted by Gasteiger charge is 2.12. The summed E-state index contributed by atoms with van der Waals surface area (Å²) in [5.74, 6) is -0.941. The minimum absolute atomic E-state index is 0.0967. The Morgan fingerprint density at radius 3 is 2.54 bits per heavy atom. The first-order valence-electron chi connectivity index (χ1n) is 7.77. The summed E-state index contributed by atoms with van der Waals surface area (Å²) in [4.78, 5) is 22.1. The van der Waals surface area contributed by atoms with Gasteiger partial charge >= 0.3 is 12.0 Å². The summed E-state index contributed by atoms with van der Waals surface area (Å²) in [7, 11) is 0. The van der Waals surface area contributed by atoms with Crippen molar-refractivity contribution in [3.05, 3.63) is 52.8 Å². The van der Waals surface area contributed by atoms with Crippen molar-refractivity contribution in [2.75, 3.05) is 6.54 Å². The lowest BCUT2D eigenvalue weighted by Crippen LogP contribution is -2.36. The molecule has 2 rings (SSSR count). The van der Waals surface area contributed by atoms with Crippen molar-refractivity contribution in [1.82, 2.24) is 20.4 Å². The molecule has 7 nitrogen and oxygen atoms in total. The van der Waals surface area contributed by atoms with Crippen molar-refractivity contribution in [3.63, 3.8) is 0 Å². The highest BCUT2D eigenvalue weighted by atomic mass is 16.4. The van der Waals surface area contributed by atoms with Crippen LogP contribution in [0.2, 0.25) is 0 Å². The fraction of sp³-hybridized carbons (Fsp3) is 0.353. The Morgan fingerprint density at radius 2 is 1.88 bits per heavy atom. The van der Waals surface area contributed by atoms with E-state index >= 15 is 0 Å². The van der Waals surface area contributed by atoms with Crippen LogP contribution in [0, 0.1) is 13.8 Å². The van der Waals surface area contributed by atoms with Crippen molar-refractivity contribution >= 4 is 12.0 Å². The van der Waals surface area contributed by atoms with Gasteiger partial charge in [0.15, 0.2) is 0 Å². The largest absolute Gasteiger partial charge is 0.481 e. The zero-order valence-electron chi connectivity index (χ0n) is 13.9. The van der Waals surface area contributed by atoms with E-state index in [1.54, 1.807) is 0 Å². The minimum Gasteiger partial charge on any atom is -0.481 e. The topological polar surface area (TPSA) is 96.3 Å². The maximum atomic E-state index is 11.7. The zero-order valence-corrected chi connectivity index (χ0v) is 13.9. The van der Waals surface area contributed by atoms with E-state index in [1.807, 2.05) is 48.9 Å². The van der Waals surface area contributed by atoms with Crippen molar-refractivity contribution in [1.29, 1.82) is 0 Å². The fourth-order valence-corrected chi connectivity index (χ4v) is 2.41. The number of rotatable bonds is 7. The number of nitrogens with zero attached hydrogens (tertiary/aromatic N) is 2. The van der Waals surface area contributed by atoms with E-state index < -0.39 is 5.97 Å². The first kappa shape index (κ1) is 17.5. The van der Waals surface area contributed by atoms with Gasteiger partial charge in [0.05, 0.1) is 18.7 Å². The second-order valence-electron chi connectivity index (χ2n) is 5.55. The molecule has 0 aliphatic carbocycles. The van der Waals surface area contributed by atoms with Crippen molar-refractivity contribution in [2.24, 2.45) is 0 Å². The number of benzene rings is 1. The molecule has 1 aromatic carbocycles. The summed E-state index contributed by atoms with van der Waals surface area (Å²) >= 11 is 0. The van der Waals surface area contributed by atoms with E-state index in [1.165, 1.54) is 0 Å². The second-order valence-corrected chi connectivity index (χ2v) is 5.55. The van der Waals surface area contributed by atoms with Crippen LogP contribution in [0.1, 0.15) is 28.9 Å². The molecule has 0 atom stereocenters. The van der Waals surface area contributed by atoms with Crippen LogP contribution in [0.15, 0.2) is 30.3 Å². The van der Waals surface area contributed by atoms with Crippen LogP contribution in [0.5, 0.6) is 0 Å². The van der Waals surface area contributed by atoms with Crippen LogP contribution in [-0.2, 0) is 17.9 Å². The Kier molecular flexibility index (Phi) is 5.95. The van der Waals surface area contributed by atoms with E-state index in [4.69, 9.17) is 5.11 Å². The number of carbonyl (C=O) groups excluding carboxylic acids is 1. The van der Waals surface area contributed by atoms with E-state index in [-0.39, 0.29) is 19.0 Å². The summed E-state index contributed by atoms with van der Waals surface area (Å²) < 4.78 is 1.92. The molecular formula is C17H22N4O3. The van der Waals surface area contributed by atoms with Crippen LogP contribution in [0.3, 0.4) is 0 Å². The van der Waals surface area contributed by atoms with E-state index in [9.17, 15) is 9.59 Å². The number of urea groups is 1. The van der Waals surface area contributed by atoms with Crippen LogP contribution >= 0.6 is 0 Å². The van der Waals surface area contributed by atoms with Crippen LogP contribution in [0.4, 0.5) is 4.79 Å². The minimum atomic E-state index is -0.941. The molecule has 1 aromatic heterocycles. The molecule has 2 aromatic rings. The van der Waals surface area contributed by atoms with Gasteiger partial charge in [-0.1, -0.05) is 30.3 Å². The lowest BCUT2D eigenvalue weighted by molar-refractivity contribution is -0.136. The van der Waals surface area contributed by atoms with Crippen LogP contribution in [-0.4, -0.2) is 33.4 Å². The molecule has 0 fully saturated rings. The fourth-order valence-electron chi connectivity index (χ4n) is 2.41. The molecule has 0 saturated carbocycles. The third-order valence-corrected chi connectivity index (χ3v) is 3.76. The SMILES string of the molecule is Cc1nn(Cc2ccccc2)c(C)c1CNC(=O)NCCC(=O)O. The molecule has 0 aliphatic heterocycles. The standard InChI is InChI=1S/C17H22N4O3/c1-12-15(10-19-17(24)18-9-8-16(22)23)13(2)21(20-12)11-14-6-4-3-5-7-14/h3-7H,8-11H2,1-2H3,(H,22,23)(H2,18,19,24). The Balaban J connectivity index is 1.94. The number of aryl methyl sites for hydroxylation is 1. The van der Waals surface area contributed by atoms with Gasteiger partial charge in [-0.05, 0) is 19.4 Å². The quantitative estimate of drug-likeness (QED) is 0.721. The smallest absolute Gasteiger partial charge is 0.315 e. The third kappa shape index (κ3) is 4.84. The van der Waals surface area contributed by atoms with Crippen molar-refractivity contribution < 1.29 is 14.7 Å². The summed E-state index contributed by atoms with van der Waals surface area (Å²) in [6, 6.07) is 9.67. The van der Waals surface area contributed by atoms with Crippen molar-refractivity contribution in [2.45, 2.75) is 33.4 Å². The van der Waals surface area contributed by atoms with E-state index in [0.29, 0.717) is 13.1 Å². The predicted molar refractivity (Wildman–Crippen MR) is 89.7 cm³/mol. The molecule has 0 unspecified atom stereocenters. The molecule has 0 aliphatic rings. The Hall–Kier alpha value is -2.83. The molecule has 0 spiro atoms. The molecule has 1 heterocycles. The number of hydrogen-bond donors (Lipinski definition) is 3. The normalized spacial score (nSPS) is 10.4. The molecule has 0 radical (unpaired) electrons. The molecule has 24 heavy (non-hydrogen) atoms. The van der Waals surface area contributed by atoms with Gasteiger partial charge in [0, 0.05) is 24.3 Å². The van der Waals surface area contributed by atoms with Gasteiger partial charge in [0.1, 0.15) is 0 Å². The van der Waals surface area contributed by atoms with Gasteiger partial charge in [-0.2, -0.15) is 5.10 Å².